The van der Waals surface area contributed by atoms with E-state index < -0.39 is 30.0 Å². The summed E-state index contributed by atoms with van der Waals surface area (Å²) < 4.78 is 17.6. The van der Waals surface area contributed by atoms with Gasteiger partial charge in [0.2, 0.25) is 0 Å². The van der Waals surface area contributed by atoms with Crippen LogP contribution in [0, 0.1) is 0 Å². The molecule has 8 heteroatoms. The number of hydrogen-bond acceptors (Lipinski definition) is 6. The van der Waals surface area contributed by atoms with E-state index in [1.165, 1.54) is 0 Å². The van der Waals surface area contributed by atoms with Crippen molar-refractivity contribution >= 4 is 25.0 Å². The zero-order valence-corrected chi connectivity index (χ0v) is 17.3. The van der Waals surface area contributed by atoms with Gasteiger partial charge in [-0.1, -0.05) is 6.08 Å². The van der Waals surface area contributed by atoms with Crippen LogP contribution in [0.15, 0.2) is 23.9 Å². The molecule has 27 heavy (non-hydrogen) atoms. The zero-order chi connectivity index (χ0) is 20.5. The number of anilines is 1. The maximum atomic E-state index is 12.1. The Morgan fingerprint density at radius 2 is 1.89 bits per heavy atom. The highest BCUT2D eigenvalue weighted by Gasteiger charge is 2.52. The van der Waals surface area contributed by atoms with E-state index in [2.05, 4.69) is 10.3 Å². The second-order valence-electron chi connectivity index (χ2n) is 8.67. The predicted octanol–water partition coefficient (Wildman–Crippen LogP) is 3.20. The summed E-state index contributed by atoms with van der Waals surface area (Å²) in [6, 6.07) is 1.72. The van der Waals surface area contributed by atoms with Crippen LogP contribution in [0.3, 0.4) is 0 Å². The summed E-state index contributed by atoms with van der Waals surface area (Å²) in [5.41, 5.74) is 6.50. The summed E-state index contributed by atoms with van der Waals surface area (Å²) >= 11 is 0. The summed E-state index contributed by atoms with van der Waals surface area (Å²) in [5.74, 6) is 0. The number of nitrogens with two attached hydrogens (primary N) is 1. The van der Waals surface area contributed by atoms with Crippen LogP contribution in [-0.4, -0.2) is 41.5 Å². The third-order valence-electron chi connectivity index (χ3n) is 4.62. The summed E-state index contributed by atoms with van der Waals surface area (Å²) in [6.07, 6.45) is 4.61. The molecule has 148 valence electrons. The van der Waals surface area contributed by atoms with Gasteiger partial charge in [0.05, 0.1) is 11.2 Å². The number of amides is 1. The topological polar surface area (TPSA) is 95.7 Å². The standard InChI is InChI=1S/C19H30BN3O4/c1-17(2,3)25-16(24)23-12-14(10-13-11-22-9-8-15(13)21)20-26-18(4,5)19(6,7)27-20/h8-11H,12H2,1-7H3,(H2,21,22)(H,23,24). The van der Waals surface area contributed by atoms with Gasteiger partial charge in [-0.3, -0.25) is 4.98 Å². The minimum Gasteiger partial charge on any atom is -0.444 e. The van der Waals surface area contributed by atoms with Crippen LogP contribution < -0.4 is 11.1 Å². The Hall–Kier alpha value is -2.06. The molecule has 1 aromatic rings. The second kappa shape index (κ2) is 7.52. The molecule has 1 aliphatic heterocycles. The van der Waals surface area contributed by atoms with E-state index in [9.17, 15) is 4.79 Å². The number of hydrogen-bond donors (Lipinski definition) is 2. The SMILES string of the molecule is CC(C)(C)OC(=O)NCC(=Cc1cnccc1N)B1OC(C)(C)C(C)(C)O1. The molecule has 2 heterocycles. The van der Waals surface area contributed by atoms with Crippen LogP contribution in [0.4, 0.5) is 10.5 Å². The smallest absolute Gasteiger partial charge is 0.444 e. The van der Waals surface area contributed by atoms with Crippen molar-refractivity contribution in [3.05, 3.63) is 29.5 Å². The first-order valence-electron chi connectivity index (χ1n) is 9.03. The van der Waals surface area contributed by atoms with E-state index in [1.54, 1.807) is 18.5 Å². The van der Waals surface area contributed by atoms with Crippen LogP contribution in [0.25, 0.3) is 6.08 Å². The molecule has 1 aliphatic rings. The van der Waals surface area contributed by atoms with E-state index in [0.29, 0.717) is 5.69 Å². The number of ether oxygens (including phenoxy) is 1. The summed E-state index contributed by atoms with van der Waals surface area (Å²) in [7, 11) is -0.621. The fraction of sp³-hybridized carbons (Fsp3) is 0.579. The van der Waals surface area contributed by atoms with Crippen molar-refractivity contribution in [3.8, 4) is 0 Å². The van der Waals surface area contributed by atoms with Crippen LogP contribution in [0.2, 0.25) is 0 Å². The average molecular weight is 375 g/mol. The van der Waals surface area contributed by atoms with Gasteiger partial charge in [0.15, 0.2) is 0 Å². The molecule has 0 radical (unpaired) electrons. The second-order valence-corrected chi connectivity index (χ2v) is 8.67. The van der Waals surface area contributed by atoms with Crippen molar-refractivity contribution in [2.24, 2.45) is 0 Å². The maximum Gasteiger partial charge on any atom is 0.492 e. The van der Waals surface area contributed by atoms with Crippen molar-refractivity contribution < 1.29 is 18.8 Å². The Bertz CT molecular complexity index is 710. The lowest BCUT2D eigenvalue weighted by molar-refractivity contribution is 0.00578. The first kappa shape index (κ1) is 21.2. The monoisotopic (exact) mass is 375 g/mol. The Kier molecular flexibility index (Phi) is 5.92. The normalized spacial score (nSPS) is 19.1. The Balaban J connectivity index is 2.25. The number of pyridine rings is 1. The average Bonchev–Trinajstić information content (AvgIpc) is 2.71. The molecule has 0 saturated carbocycles. The molecule has 7 nitrogen and oxygen atoms in total. The summed E-state index contributed by atoms with van der Waals surface area (Å²) in [6.45, 7) is 13.5. The quantitative estimate of drug-likeness (QED) is 0.785. The Morgan fingerprint density at radius 3 is 2.41 bits per heavy atom. The lowest BCUT2D eigenvalue weighted by Gasteiger charge is -2.32. The van der Waals surface area contributed by atoms with Crippen molar-refractivity contribution in [1.29, 1.82) is 0 Å². The fourth-order valence-electron chi connectivity index (χ4n) is 2.42. The Morgan fingerprint density at radius 1 is 1.30 bits per heavy atom. The molecule has 0 bridgehead atoms. The van der Waals surface area contributed by atoms with Crippen LogP contribution in [-0.2, 0) is 14.0 Å². The molecular formula is C19H30BN3O4. The van der Waals surface area contributed by atoms with Crippen molar-refractivity contribution in [1.82, 2.24) is 10.3 Å². The molecule has 1 aromatic heterocycles. The van der Waals surface area contributed by atoms with Gasteiger partial charge in [-0.15, -0.1) is 0 Å². The lowest BCUT2D eigenvalue weighted by atomic mass is 9.77. The molecule has 1 saturated heterocycles. The van der Waals surface area contributed by atoms with E-state index >= 15 is 0 Å². The van der Waals surface area contributed by atoms with E-state index in [4.69, 9.17) is 19.8 Å². The summed E-state index contributed by atoms with van der Waals surface area (Å²) in [4.78, 5) is 16.2. The minimum absolute atomic E-state index is 0.195. The molecule has 3 N–H and O–H groups in total. The van der Waals surface area contributed by atoms with Gasteiger partial charge in [0.1, 0.15) is 5.60 Å². The molecule has 0 unspecified atom stereocenters. The fourth-order valence-corrected chi connectivity index (χ4v) is 2.42. The molecule has 0 aromatic carbocycles. The zero-order valence-electron chi connectivity index (χ0n) is 17.3. The molecule has 1 amide bonds. The number of carbonyl (C=O) groups excluding carboxylic acids is 1. The molecule has 0 atom stereocenters. The van der Waals surface area contributed by atoms with Gasteiger partial charge < -0.3 is 25.1 Å². The number of nitrogens with one attached hydrogen (secondary N) is 1. The van der Waals surface area contributed by atoms with Crippen LogP contribution in [0.1, 0.15) is 54.0 Å². The number of nitrogen functional groups attached to an aromatic ring is 1. The van der Waals surface area contributed by atoms with Gasteiger partial charge in [0.25, 0.3) is 0 Å². The third kappa shape index (κ3) is 5.46. The van der Waals surface area contributed by atoms with Gasteiger partial charge in [-0.2, -0.15) is 0 Å². The number of nitrogens with zero attached hydrogens (tertiary/aromatic N) is 1. The largest absolute Gasteiger partial charge is 0.492 e. The first-order valence-corrected chi connectivity index (χ1v) is 9.03. The van der Waals surface area contributed by atoms with Gasteiger partial charge in [-0.25, -0.2) is 4.79 Å². The van der Waals surface area contributed by atoms with Gasteiger partial charge in [0, 0.05) is 30.2 Å². The third-order valence-corrected chi connectivity index (χ3v) is 4.62. The Labute approximate surface area is 161 Å². The highest BCUT2D eigenvalue weighted by atomic mass is 16.7. The number of aromatic nitrogens is 1. The van der Waals surface area contributed by atoms with E-state index in [-0.39, 0.29) is 6.54 Å². The highest BCUT2D eigenvalue weighted by Crippen LogP contribution is 2.38. The van der Waals surface area contributed by atoms with Crippen molar-refractivity contribution in [2.75, 3.05) is 12.3 Å². The number of carbonyl (C=O) groups is 1. The molecule has 0 aliphatic carbocycles. The number of rotatable bonds is 4. The molecule has 0 spiro atoms. The molecular weight excluding hydrogens is 345 g/mol. The van der Waals surface area contributed by atoms with Crippen LogP contribution >= 0.6 is 0 Å². The first-order chi connectivity index (χ1) is 12.3. The van der Waals surface area contributed by atoms with Crippen LogP contribution in [0.5, 0.6) is 0 Å². The van der Waals surface area contributed by atoms with Gasteiger partial charge in [-0.05, 0) is 60.0 Å². The maximum absolute atomic E-state index is 12.1. The molecule has 2 rings (SSSR count). The highest BCUT2D eigenvalue weighted by molar-refractivity contribution is 6.56. The number of alkyl carbamates (subject to hydrolysis) is 1. The predicted molar refractivity (Wildman–Crippen MR) is 107 cm³/mol. The van der Waals surface area contributed by atoms with E-state index in [1.807, 2.05) is 54.5 Å². The summed E-state index contributed by atoms with van der Waals surface area (Å²) in [5, 5.41) is 2.76. The molecule has 1 fully saturated rings. The van der Waals surface area contributed by atoms with E-state index in [0.717, 1.165) is 11.0 Å². The van der Waals surface area contributed by atoms with Crippen molar-refractivity contribution in [3.63, 3.8) is 0 Å². The lowest BCUT2D eigenvalue weighted by Crippen LogP contribution is -2.41. The van der Waals surface area contributed by atoms with Crippen molar-refractivity contribution in [2.45, 2.75) is 65.3 Å². The van der Waals surface area contributed by atoms with Gasteiger partial charge >= 0.3 is 13.2 Å². The minimum atomic E-state index is -0.621.